The van der Waals surface area contributed by atoms with E-state index >= 15 is 0 Å². The molecule has 1 atom stereocenters. The fraction of sp³-hybridized carbons (Fsp3) is 0.200. The molecule has 2 aromatic carbocycles. The number of nitrogens with zero attached hydrogens (tertiary/aromatic N) is 2. The third kappa shape index (κ3) is 4.38. The number of rotatable bonds is 6. The highest BCUT2D eigenvalue weighted by Gasteiger charge is 2.20. The summed E-state index contributed by atoms with van der Waals surface area (Å²) in [5.74, 6) is 0.595. The van der Waals surface area contributed by atoms with Crippen molar-refractivity contribution < 1.29 is 9.72 Å². The number of nitro benzene ring substituents is 1. The highest BCUT2D eigenvalue weighted by molar-refractivity contribution is 5.92. The molecule has 27 heavy (non-hydrogen) atoms. The Morgan fingerprint density at radius 1 is 1.19 bits per heavy atom. The predicted molar refractivity (Wildman–Crippen MR) is 104 cm³/mol. The Hall–Kier alpha value is -3.48. The minimum atomic E-state index is -0.458. The van der Waals surface area contributed by atoms with Gasteiger partial charge in [-0.25, -0.2) is 4.98 Å². The third-order valence-electron chi connectivity index (χ3n) is 4.20. The molecule has 0 aliphatic rings. The van der Waals surface area contributed by atoms with E-state index in [-0.39, 0.29) is 23.6 Å². The van der Waals surface area contributed by atoms with Gasteiger partial charge in [0.05, 0.1) is 22.0 Å². The van der Waals surface area contributed by atoms with E-state index in [9.17, 15) is 14.9 Å². The standard InChI is InChI=1S/C20H20N4O3/c1-13(2)19(20-21-16-5-3-4-6-17(16)22-20)23-18(25)12-9-14-7-10-15(11-8-14)24(26)27/h3-13,19H,1-2H3,(H,21,22)(H,23,25)/b12-9+. The lowest BCUT2D eigenvalue weighted by Crippen LogP contribution is -2.31. The number of aromatic nitrogens is 2. The van der Waals surface area contributed by atoms with Crippen LogP contribution in [0.15, 0.2) is 54.6 Å². The van der Waals surface area contributed by atoms with Crippen LogP contribution in [0, 0.1) is 16.0 Å². The molecule has 0 saturated heterocycles. The molecule has 1 heterocycles. The number of para-hydroxylation sites is 2. The molecule has 0 saturated carbocycles. The number of carbonyl (C=O) groups is 1. The van der Waals surface area contributed by atoms with Crippen LogP contribution in [0.1, 0.15) is 31.3 Å². The Bertz CT molecular complexity index is 957. The summed E-state index contributed by atoms with van der Waals surface area (Å²) in [6.07, 6.45) is 3.04. The van der Waals surface area contributed by atoms with Crippen molar-refractivity contribution in [3.63, 3.8) is 0 Å². The van der Waals surface area contributed by atoms with Crippen molar-refractivity contribution in [2.45, 2.75) is 19.9 Å². The number of H-pyrrole nitrogens is 1. The molecule has 3 aromatic rings. The second-order valence-electron chi connectivity index (χ2n) is 6.55. The minimum absolute atomic E-state index is 0.0151. The SMILES string of the molecule is CC(C)C(NC(=O)/C=C/c1ccc([N+](=O)[O-])cc1)c1nc2ccccc2[nH]1. The van der Waals surface area contributed by atoms with Crippen molar-refractivity contribution in [3.8, 4) is 0 Å². The number of hydrogen-bond acceptors (Lipinski definition) is 4. The van der Waals surface area contributed by atoms with E-state index in [4.69, 9.17) is 0 Å². The van der Waals surface area contributed by atoms with Gasteiger partial charge in [0.25, 0.3) is 5.69 Å². The van der Waals surface area contributed by atoms with Gasteiger partial charge in [0, 0.05) is 18.2 Å². The van der Waals surface area contributed by atoms with Gasteiger partial charge in [-0.2, -0.15) is 0 Å². The highest BCUT2D eigenvalue weighted by Crippen LogP contribution is 2.22. The maximum Gasteiger partial charge on any atom is 0.269 e. The highest BCUT2D eigenvalue weighted by atomic mass is 16.6. The normalized spacial score (nSPS) is 12.6. The smallest absolute Gasteiger partial charge is 0.269 e. The molecule has 0 fully saturated rings. The van der Waals surface area contributed by atoms with Crippen molar-refractivity contribution in [1.29, 1.82) is 0 Å². The molecule has 2 N–H and O–H groups in total. The van der Waals surface area contributed by atoms with Gasteiger partial charge in [-0.3, -0.25) is 14.9 Å². The van der Waals surface area contributed by atoms with Crippen molar-refractivity contribution in [2.75, 3.05) is 0 Å². The summed E-state index contributed by atoms with van der Waals surface area (Å²) in [7, 11) is 0. The molecule has 3 rings (SSSR count). The van der Waals surface area contributed by atoms with Gasteiger partial charge in [-0.15, -0.1) is 0 Å². The van der Waals surface area contributed by atoms with Crippen molar-refractivity contribution in [1.82, 2.24) is 15.3 Å². The monoisotopic (exact) mass is 364 g/mol. The number of hydrogen-bond donors (Lipinski definition) is 2. The van der Waals surface area contributed by atoms with Crippen molar-refractivity contribution in [2.24, 2.45) is 5.92 Å². The minimum Gasteiger partial charge on any atom is -0.342 e. The molecule has 1 unspecified atom stereocenters. The summed E-state index contributed by atoms with van der Waals surface area (Å²) >= 11 is 0. The van der Waals surface area contributed by atoms with Gasteiger partial charge in [0.2, 0.25) is 5.91 Å². The van der Waals surface area contributed by atoms with Crippen LogP contribution in [0.5, 0.6) is 0 Å². The van der Waals surface area contributed by atoms with Crippen LogP contribution < -0.4 is 5.32 Å². The van der Waals surface area contributed by atoms with E-state index < -0.39 is 4.92 Å². The van der Waals surface area contributed by atoms with Crippen LogP contribution in [0.25, 0.3) is 17.1 Å². The lowest BCUT2D eigenvalue weighted by atomic mass is 10.0. The van der Waals surface area contributed by atoms with Crippen LogP contribution in [0.2, 0.25) is 0 Å². The van der Waals surface area contributed by atoms with Crippen LogP contribution >= 0.6 is 0 Å². The first-order chi connectivity index (χ1) is 12.9. The second kappa shape index (κ2) is 7.82. The van der Waals surface area contributed by atoms with E-state index in [2.05, 4.69) is 15.3 Å². The maximum absolute atomic E-state index is 12.3. The average molecular weight is 364 g/mol. The third-order valence-corrected chi connectivity index (χ3v) is 4.20. The number of imidazole rings is 1. The topological polar surface area (TPSA) is 101 Å². The summed E-state index contributed by atoms with van der Waals surface area (Å²) in [6, 6.07) is 13.5. The number of amides is 1. The summed E-state index contributed by atoms with van der Waals surface area (Å²) in [6.45, 7) is 4.02. The molecule has 7 nitrogen and oxygen atoms in total. The van der Waals surface area contributed by atoms with Gasteiger partial charge in [0.15, 0.2) is 0 Å². The fourth-order valence-electron chi connectivity index (χ4n) is 2.75. The molecule has 1 amide bonds. The molecule has 0 aliphatic carbocycles. The molecular weight excluding hydrogens is 344 g/mol. The van der Waals surface area contributed by atoms with E-state index in [0.29, 0.717) is 11.4 Å². The lowest BCUT2D eigenvalue weighted by molar-refractivity contribution is -0.384. The fourth-order valence-corrected chi connectivity index (χ4v) is 2.75. The second-order valence-corrected chi connectivity index (χ2v) is 6.55. The number of carbonyl (C=O) groups excluding carboxylic acids is 1. The Morgan fingerprint density at radius 2 is 1.89 bits per heavy atom. The Labute approximate surface area is 156 Å². The van der Waals surface area contributed by atoms with Crippen LogP contribution in [0.3, 0.4) is 0 Å². The summed E-state index contributed by atoms with van der Waals surface area (Å²) in [5.41, 5.74) is 2.50. The zero-order valence-corrected chi connectivity index (χ0v) is 15.0. The van der Waals surface area contributed by atoms with Crippen molar-refractivity contribution in [3.05, 3.63) is 76.1 Å². The van der Waals surface area contributed by atoms with Crippen LogP contribution in [-0.2, 0) is 4.79 Å². The number of aromatic amines is 1. The number of nitro groups is 1. The molecule has 0 spiro atoms. The first kappa shape index (κ1) is 18.3. The number of fused-ring (bicyclic) bond motifs is 1. The van der Waals surface area contributed by atoms with Gasteiger partial charge in [-0.05, 0) is 41.8 Å². The number of benzene rings is 2. The molecule has 7 heteroatoms. The van der Waals surface area contributed by atoms with Crippen LogP contribution in [-0.4, -0.2) is 20.8 Å². The molecule has 0 bridgehead atoms. The summed E-state index contributed by atoms with van der Waals surface area (Å²) in [5, 5.41) is 13.6. The molecule has 1 aromatic heterocycles. The molecule has 0 radical (unpaired) electrons. The van der Waals surface area contributed by atoms with Crippen LogP contribution in [0.4, 0.5) is 5.69 Å². The molecule has 138 valence electrons. The Kier molecular flexibility index (Phi) is 5.30. The van der Waals surface area contributed by atoms with Gasteiger partial charge in [-0.1, -0.05) is 26.0 Å². The van der Waals surface area contributed by atoms with Crippen molar-refractivity contribution >= 4 is 28.7 Å². The lowest BCUT2D eigenvalue weighted by Gasteiger charge is -2.19. The average Bonchev–Trinajstić information content (AvgIpc) is 3.08. The van der Waals surface area contributed by atoms with E-state index in [1.54, 1.807) is 18.2 Å². The predicted octanol–water partition coefficient (Wildman–Crippen LogP) is 4.00. The van der Waals surface area contributed by atoms with Gasteiger partial charge < -0.3 is 10.3 Å². The number of nitrogens with one attached hydrogen (secondary N) is 2. The van der Waals surface area contributed by atoms with E-state index in [1.165, 1.54) is 18.2 Å². The van der Waals surface area contributed by atoms with Gasteiger partial charge in [0.1, 0.15) is 5.82 Å². The number of non-ortho nitro benzene ring substituents is 1. The summed E-state index contributed by atoms with van der Waals surface area (Å²) < 4.78 is 0. The maximum atomic E-state index is 12.3. The summed E-state index contributed by atoms with van der Waals surface area (Å²) in [4.78, 5) is 30.4. The molecular formula is C20H20N4O3. The zero-order valence-electron chi connectivity index (χ0n) is 15.0. The quantitative estimate of drug-likeness (QED) is 0.392. The van der Waals surface area contributed by atoms with Gasteiger partial charge >= 0.3 is 0 Å². The first-order valence-electron chi connectivity index (χ1n) is 8.61. The Morgan fingerprint density at radius 3 is 2.52 bits per heavy atom. The first-order valence-corrected chi connectivity index (χ1v) is 8.61. The van der Waals surface area contributed by atoms with E-state index in [0.717, 1.165) is 11.0 Å². The molecule has 0 aliphatic heterocycles. The Balaban J connectivity index is 1.72. The largest absolute Gasteiger partial charge is 0.342 e. The van der Waals surface area contributed by atoms with E-state index in [1.807, 2.05) is 38.1 Å². The zero-order chi connectivity index (χ0) is 19.4.